The van der Waals surface area contributed by atoms with Crippen LogP contribution in [0.3, 0.4) is 0 Å². The Hall–Kier alpha value is -2.26. The molecule has 0 aliphatic heterocycles. The summed E-state index contributed by atoms with van der Waals surface area (Å²) in [5, 5.41) is 8.73. The van der Waals surface area contributed by atoms with Crippen molar-refractivity contribution in [3.63, 3.8) is 0 Å². The molecule has 0 heterocycles. The second-order valence-electron chi connectivity index (χ2n) is 4.27. The van der Waals surface area contributed by atoms with Crippen LogP contribution in [0.4, 0.5) is 0 Å². The molecule has 0 radical (unpaired) electrons. The summed E-state index contributed by atoms with van der Waals surface area (Å²) in [4.78, 5) is 12.1. The van der Waals surface area contributed by atoms with E-state index in [-0.39, 0.29) is 13.0 Å². The van der Waals surface area contributed by atoms with Gasteiger partial charge in [0.25, 0.3) is 0 Å². The van der Waals surface area contributed by atoms with Gasteiger partial charge in [-0.2, -0.15) is 5.26 Å². The molecular weight excluding hydrogens is 238 g/mol. The van der Waals surface area contributed by atoms with Gasteiger partial charge in [0.1, 0.15) is 5.41 Å². The number of hydrogen-bond donors (Lipinski definition) is 0. The van der Waals surface area contributed by atoms with Gasteiger partial charge in [0.2, 0.25) is 0 Å². The first-order valence-electron chi connectivity index (χ1n) is 6.24. The third-order valence-corrected chi connectivity index (χ3v) is 2.95. The summed E-state index contributed by atoms with van der Waals surface area (Å²) in [5.74, 6) is 2.14. The lowest BCUT2D eigenvalue weighted by Gasteiger charge is -2.25. The van der Waals surface area contributed by atoms with E-state index in [1.54, 1.807) is 6.92 Å². The fourth-order valence-electron chi connectivity index (χ4n) is 1.93. The summed E-state index contributed by atoms with van der Waals surface area (Å²) in [5.41, 5.74) is -0.0842. The van der Waals surface area contributed by atoms with Crippen LogP contribution in [-0.2, 0) is 16.0 Å². The van der Waals surface area contributed by atoms with Crippen molar-refractivity contribution >= 4 is 5.97 Å². The molecule has 1 rings (SSSR count). The monoisotopic (exact) mass is 255 g/mol. The van der Waals surface area contributed by atoms with E-state index >= 15 is 0 Å². The highest BCUT2D eigenvalue weighted by Crippen LogP contribution is 2.30. The molecule has 0 fully saturated rings. The quantitative estimate of drug-likeness (QED) is 0.580. The van der Waals surface area contributed by atoms with Crippen molar-refractivity contribution in [3.05, 3.63) is 35.9 Å². The van der Waals surface area contributed by atoms with Crippen LogP contribution in [0.5, 0.6) is 0 Å². The lowest BCUT2D eigenvalue weighted by molar-refractivity contribution is -0.152. The summed E-state index contributed by atoms with van der Waals surface area (Å²) in [7, 11) is 0. The van der Waals surface area contributed by atoms with E-state index in [0.717, 1.165) is 5.56 Å². The largest absolute Gasteiger partial charge is 0.465 e. The molecule has 0 spiro atoms. The van der Waals surface area contributed by atoms with E-state index in [1.165, 1.54) is 0 Å². The molecule has 1 aromatic carbocycles. The fraction of sp³-hybridized carbons (Fsp3) is 0.375. The van der Waals surface area contributed by atoms with Crippen LogP contribution in [0.15, 0.2) is 30.3 Å². The molecule has 0 bridgehead atoms. The third kappa shape index (κ3) is 3.86. The first-order valence-corrected chi connectivity index (χ1v) is 6.24. The van der Waals surface area contributed by atoms with Gasteiger partial charge < -0.3 is 4.74 Å². The Morgan fingerprint density at radius 1 is 1.42 bits per heavy atom. The zero-order valence-corrected chi connectivity index (χ0v) is 11.1. The second-order valence-corrected chi connectivity index (χ2v) is 4.27. The molecule has 98 valence electrons. The molecular formula is C16H17NO2. The normalized spacial score (nSPS) is 12.8. The van der Waals surface area contributed by atoms with Crippen molar-refractivity contribution in [1.82, 2.24) is 0 Å². The number of ether oxygens (including phenoxy) is 1. The van der Waals surface area contributed by atoms with Crippen molar-refractivity contribution in [2.24, 2.45) is 5.41 Å². The lowest BCUT2D eigenvalue weighted by atomic mass is 9.78. The van der Waals surface area contributed by atoms with Crippen LogP contribution in [0.25, 0.3) is 0 Å². The van der Waals surface area contributed by atoms with Gasteiger partial charge in [-0.1, -0.05) is 36.3 Å². The smallest absolute Gasteiger partial charge is 0.324 e. The van der Waals surface area contributed by atoms with Crippen molar-refractivity contribution in [1.29, 1.82) is 5.26 Å². The van der Waals surface area contributed by atoms with Gasteiger partial charge in [-0.25, -0.2) is 0 Å². The molecule has 0 saturated carbocycles. The first kappa shape index (κ1) is 14.8. The SMILES string of the molecule is C#CC(CCC#N)(Cc1ccccc1)C(=O)OCC. The van der Waals surface area contributed by atoms with Gasteiger partial charge in [-0.3, -0.25) is 4.79 Å². The Balaban J connectivity index is 3.00. The molecule has 1 unspecified atom stereocenters. The average molecular weight is 255 g/mol. The van der Waals surface area contributed by atoms with E-state index in [9.17, 15) is 4.79 Å². The minimum absolute atomic E-state index is 0.232. The maximum Gasteiger partial charge on any atom is 0.324 e. The van der Waals surface area contributed by atoms with Crippen LogP contribution < -0.4 is 0 Å². The Morgan fingerprint density at radius 3 is 2.63 bits per heavy atom. The van der Waals surface area contributed by atoms with E-state index in [4.69, 9.17) is 16.4 Å². The molecule has 0 saturated heterocycles. The number of rotatable bonds is 6. The van der Waals surface area contributed by atoms with Gasteiger partial charge in [-0.15, -0.1) is 6.42 Å². The Morgan fingerprint density at radius 2 is 2.11 bits per heavy atom. The number of esters is 1. The third-order valence-electron chi connectivity index (χ3n) is 2.95. The number of nitriles is 1. The standard InChI is InChI=1S/C16H17NO2/c1-3-16(11-8-12-17,15(18)19-4-2)13-14-9-6-5-7-10-14/h1,5-7,9-10H,4,8,11,13H2,2H3. The molecule has 1 atom stereocenters. The highest BCUT2D eigenvalue weighted by Gasteiger charge is 2.37. The van der Waals surface area contributed by atoms with Gasteiger partial charge in [0, 0.05) is 6.42 Å². The van der Waals surface area contributed by atoms with Gasteiger partial charge in [0.15, 0.2) is 0 Å². The van der Waals surface area contributed by atoms with Crippen molar-refractivity contribution in [2.45, 2.75) is 26.2 Å². The van der Waals surface area contributed by atoms with E-state index < -0.39 is 11.4 Å². The van der Waals surface area contributed by atoms with Crippen LogP contribution in [0.1, 0.15) is 25.3 Å². The zero-order chi connectivity index (χ0) is 14.1. The minimum Gasteiger partial charge on any atom is -0.465 e. The molecule has 3 heteroatoms. The maximum absolute atomic E-state index is 12.1. The average Bonchev–Trinajstić information content (AvgIpc) is 2.45. The second kappa shape index (κ2) is 7.24. The molecule has 3 nitrogen and oxygen atoms in total. The van der Waals surface area contributed by atoms with Crippen molar-refractivity contribution < 1.29 is 9.53 Å². The highest BCUT2D eigenvalue weighted by molar-refractivity contribution is 5.81. The number of carbonyl (C=O) groups is 1. The van der Waals surface area contributed by atoms with Crippen LogP contribution in [0.2, 0.25) is 0 Å². The summed E-state index contributed by atoms with van der Waals surface area (Å²) >= 11 is 0. The Bertz CT molecular complexity index is 496. The number of hydrogen-bond acceptors (Lipinski definition) is 3. The van der Waals surface area contributed by atoms with Crippen molar-refractivity contribution in [3.8, 4) is 18.4 Å². The number of benzene rings is 1. The molecule has 1 aromatic rings. The summed E-state index contributed by atoms with van der Waals surface area (Å²) < 4.78 is 5.08. The topological polar surface area (TPSA) is 50.1 Å². The first-order chi connectivity index (χ1) is 9.18. The van der Waals surface area contributed by atoms with Gasteiger partial charge in [0.05, 0.1) is 12.7 Å². The van der Waals surface area contributed by atoms with Crippen LogP contribution in [0, 0.1) is 29.1 Å². The van der Waals surface area contributed by atoms with E-state index in [0.29, 0.717) is 12.8 Å². The van der Waals surface area contributed by atoms with Gasteiger partial charge >= 0.3 is 5.97 Å². The van der Waals surface area contributed by atoms with Crippen molar-refractivity contribution in [2.75, 3.05) is 6.61 Å². The molecule has 0 aliphatic rings. The minimum atomic E-state index is -1.05. The fourth-order valence-corrected chi connectivity index (χ4v) is 1.93. The number of nitrogens with zero attached hydrogens (tertiary/aromatic N) is 1. The Labute approximate surface area is 114 Å². The predicted octanol–water partition coefficient (Wildman–Crippen LogP) is 2.72. The highest BCUT2D eigenvalue weighted by atomic mass is 16.5. The zero-order valence-electron chi connectivity index (χ0n) is 11.1. The van der Waals surface area contributed by atoms with Crippen LogP contribution >= 0.6 is 0 Å². The Kier molecular flexibility index (Phi) is 5.64. The lowest BCUT2D eigenvalue weighted by Crippen LogP contribution is -2.34. The molecule has 0 amide bonds. The summed E-state index contributed by atoms with van der Waals surface area (Å²) in [6.07, 6.45) is 6.51. The van der Waals surface area contributed by atoms with E-state index in [1.807, 2.05) is 36.4 Å². The van der Waals surface area contributed by atoms with Crippen LogP contribution in [-0.4, -0.2) is 12.6 Å². The number of carbonyl (C=O) groups excluding carboxylic acids is 1. The molecule has 19 heavy (non-hydrogen) atoms. The molecule has 0 aromatic heterocycles. The van der Waals surface area contributed by atoms with E-state index in [2.05, 4.69) is 5.92 Å². The van der Waals surface area contributed by atoms with Gasteiger partial charge in [-0.05, 0) is 25.3 Å². The molecule has 0 N–H and O–H groups in total. The maximum atomic E-state index is 12.1. The molecule has 0 aliphatic carbocycles. The summed E-state index contributed by atoms with van der Waals surface area (Å²) in [6.45, 7) is 2.02. The number of terminal acetylenes is 1. The predicted molar refractivity (Wildman–Crippen MR) is 72.9 cm³/mol. The summed E-state index contributed by atoms with van der Waals surface area (Å²) in [6, 6.07) is 11.6.